The fraction of sp³-hybridized carbons (Fsp3) is 1.00. The Balaban J connectivity index is 5.61. The van der Waals surface area contributed by atoms with E-state index in [1.807, 2.05) is 0 Å². The van der Waals surface area contributed by atoms with E-state index >= 15 is 0 Å². The van der Waals surface area contributed by atoms with E-state index in [1.54, 1.807) is 0 Å². The predicted molar refractivity (Wildman–Crippen MR) is 65.2 cm³/mol. The molecule has 0 heterocycles. The smallest absolute Gasteiger partial charge is 0.395 e. The molecule has 0 saturated heterocycles. The van der Waals surface area contributed by atoms with Crippen molar-refractivity contribution in [3.8, 4) is 0 Å². The molecule has 2 unspecified atom stereocenters. The predicted octanol–water partition coefficient (Wildman–Crippen LogP) is 4.99. The highest BCUT2D eigenvalue weighted by Gasteiger charge is 2.83. The molecular formula is C11H17F9O2Si. The van der Waals surface area contributed by atoms with Gasteiger partial charge in [0.05, 0.1) is 0 Å². The molecule has 23 heavy (non-hydrogen) atoms. The summed E-state index contributed by atoms with van der Waals surface area (Å²) in [5.41, 5.74) is 0. The normalized spacial score (nSPS) is 18.7. The number of alkyl halides is 9. The van der Waals surface area contributed by atoms with Gasteiger partial charge in [-0.3, -0.25) is 0 Å². The number of hydrogen-bond donors (Lipinski definition) is 0. The lowest BCUT2D eigenvalue weighted by atomic mass is 10.00. The Kier molecular flexibility index (Phi) is 6.64. The topological polar surface area (TPSA) is 18.5 Å². The minimum absolute atomic E-state index is 0.00248. The molecule has 0 aliphatic rings. The SMILES string of the molecule is CCO[Si](C)(CC)OC(C)C(F)(F)C(F)(F)C(F)(F)C(F)(F)F. The second-order valence-electron chi connectivity index (χ2n) is 4.95. The van der Waals surface area contributed by atoms with Gasteiger partial charge in [-0.2, -0.15) is 39.5 Å². The summed E-state index contributed by atoms with van der Waals surface area (Å²) in [6.45, 7) is 4.38. The molecule has 0 aromatic rings. The summed E-state index contributed by atoms with van der Waals surface area (Å²) >= 11 is 0. The number of hydrogen-bond acceptors (Lipinski definition) is 2. The molecule has 0 saturated carbocycles. The van der Waals surface area contributed by atoms with Crippen LogP contribution >= 0.6 is 0 Å². The van der Waals surface area contributed by atoms with Gasteiger partial charge in [-0.05, 0) is 26.4 Å². The Morgan fingerprint density at radius 1 is 0.870 bits per heavy atom. The fourth-order valence-electron chi connectivity index (χ4n) is 1.62. The van der Waals surface area contributed by atoms with E-state index in [0.29, 0.717) is 6.92 Å². The molecule has 0 aromatic heterocycles. The largest absolute Gasteiger partial charge is 0.460 e. The maximum atomic E-state index is 13.6. The van der Waals surface area contributed by atoms with Crippen LogP contribution in [0.5, 0.6) is 0 Å². The third-order valence-corrected chi connectivity index (χ3v) is 6.23. The van der Waals surface area contributed by atoms with Crippen molar-refractivity contribution in [2.45, 2.75) is 63.4 Å². The van der Waals surface area contributed by atoms with E-state index in [9.17, 15) is 39.5 Å². The van der Waals surface area contributed by atoms with Crippen LogP contribution in [-0.4, -0.2) is 45.2 Å². The van der Waals surface area contributed by atoms with Crippen LogP contribution in [0.1, 0.15) is 20.8 Å². The van der Waals surface area contributed by atoms with Crippen LogP contribution in [0, 0.1) is 0 Å². The molecular weight excluding hydrogens is 363 g/mol. The lowest BCUT2D eigenvalue weighted by Gasteiger charge is -2.39. The first-order valence-corrected chi connectivity index (χ1v) is 9.04. The molecule has 0 N–H and O–H groups in total. The van der Waals surface area contributed by atoms with Crippen LogP contribution in [0.25, 0.3) is 0 Å². The van der Waals surface area contributed by atoms with Crippen molar-refractivity contribution < 1.29 is 48.4 Å². The molecule has 0 aliphatic heterocycles. The van der Waals surface area contributed by atoms with Crippen LogP contribution < -0.4 is 0 Å². The average Bonchev–Trinajstić information content (AvgIpc) is 2.36. The standard InChI is InChI=1S/C11H17F9O2Si/c1-5-21-23(4,6-2)22-7(3)8(12,13)9(14,15)10(16,17)11(18,19)20/h7H,5-6H2,1-4H3. The van der Waals surface area contributed by atoms with Crippen LogP contribution in [0.4, 0.5) is 39.5 Å². The molecule has 2 atom stereocenters. The Bertz CT molecular complexity index is 399. The number of halogens is 9. The molecule has 140 valence electrons. The highest BCUT2D eigenvalue weighted by molar-refractivity contribution is 6.66. The van der Waals surface area contributed by atoms with Gasteiger partial charge in [-0.15, -0.1) is 0 Å². The minimum atomic E-state index is -6.92. The first-order valence-electron chi connectivity index (χ1n) is 6.52. The van der Waals surface area contributed by atoms with Gasteiger partial charge in [0.2, 0.25) is 0 Å². The average molecular weight is 380 g/mol. The number of rotatable bonds is 8. The van der Waals surface area contributed by atoms with Gasteiger partial charge in [0.15, 0.2) is 0 Å². The highest BCUT2D eigenvalue weighted by Crippen LogP contribution is 2.54. The van der Waals surface area contributed by atoms with Crippen LogP contribution in [-0.2, 0) is 8.85 Å². The molecule has 0 spiro atoms. The van der Waals surface area contributed by atoms with E-state index < -0.39 is 38.6 Å². The summed E-state index contributed by atoms with van der Waals surface area (Å²) < 4.78 is 125. The molecule has 12 heteroatoms. The van der Waals surface area contributed by atoms with Crippen molar-refractivity contribution >= 4 is 8.56 Å². The molecule has 0 bridgehead atoms. The Morgan fingerprint density at radius 3 is 1.61 bits per heavy atom. The van der Waals surface area contributed by atoms with Crippen molar-refractivity contribution in [1.82, 2.24) is 0 Å². The maximum Gasteiger partial charge on any atom is 0.460 e. The molecule has 0 rings (SSSR count). The van der Waals surface area contributed by atoms with Crippen LogP contribution in [0.2, 0.25) is 12.6 Å². The maximum absolute atomic E-state index is 13.6. The fourth-order valence-corrected chi connectivity index (χ4v) is 3.56. The van der Waals surface area contributed by atoms with Gasteiger partial charge >= 0.3 is 32.5 Å². The van der Waals surface area contributed by atoms with Crippen molar-refractivity contribution in [3.05, 3.63) is 0 Å². The van der Waals surface area contributed by atoms with Crippen molar-refractivity contribution in [1.29, 1.82) is 0 Å². The highest BCUT2D eigenvalue weighted by atomic mass is 28.4. The third kappa shape index (κ3) is 4.13. The Labute approximate surface area is 128 Å². The van der Waals surface area contributed by atoms with E-state index in [0.717, 1.165) is 0 Å². The third-order valence-electron chi connectivity index (χ3n) is 3.20. The van der Waals surface area contributed by atoms with E-state index in [-0.39, 0.29) is 12.7 Å². The van der Waals surface area contributed by atoms with Gasteiger partial charge in [-0.1, -0.05) is 6.92 Å². The zero-order chi connectivity index (χ0) is 18.9. The van der Waals surface area contributed by atoms with Gasteiger partial charge < -0.3 is 8.85 Å². The molecule has 0 aromatic carbocycles. The quantitative estimate of drug-likeness (QED) is 0.436. The van der Waals surface area contributed by atoms with Gasteiger partial charge in [0.25, 0.3) is 0 Å². The van der Waals surface area contributed by atoms with Crippen molar-refractivity contribution in [2.75, 3.05) is 6.61 Å². The van der Waals surface area contributed by atoms with E-state index in [4.69, 9.17) is 4.43 Å². The molecule has 0 radical (unpaired) electrons. The Hall–Kier alpha value is -0.493. The Morgan fingerprint density at radius 2 is 1.30 bits per heavy atom. The lowest BCUT2D eigenvalue weighted by molar-refractivity contribution is -0.404. The summed E-state index contributed by atoms with van der Waals surface area (Å²) in [4.78, 5) is 0. The monoisotopic (exact) mass is 380 g/mol. The zero-order valence-corrected chi connectivity index (χ0v) is 13.7. The lowest BCUT2D eigenvalue weighted by Crippen LogP contribution is -2.65. The minimum Gasteiger partial charge on any atom is -0.395 e. The van der Waals surface area contributed by atoms with Gasteiger partial charge in [0.1, 0.15) is 6.10 Å². The summed E-state index contributed by atoms with van der Waals surface area (Å²) in [6, 6.07) is 0.00248. The summed E-state index contributed by atoms with van der Waals surface area (Å²) in [5, 5.41) is 0. The van der Waals surface area contributed by atoms with Crippen LogP contribution in [0.15, 0.2) is 0 Å². The first kappa shape index (κ1) is 22.5. The first-order chi connectivity index (χ1) is 10.00. The second kappa shape index (κ2) is 6.79. The van der Waals surface area contributed by atoms with Crippen LogP contribution in [0.3, 0.4) is 0 Å². The van der Waals surface area contributed by atoms with Crippen molar-refractivity contribution in [2.24, 2.45) is 0 Å². The summed E-state index contributed by atoms with van der Waals surface area (Å²) in [7, 11) is -3.42. The molecule has 2 nitrogen and oxygen atoms in total. The molecule has 0 aliphatic carbocycles. The zero-order valence-electron chi connectivity index (χ0n) is 12.7. The van der Waals surface area contributed by atoms with Gasteiger partial charge in [0, 0.05) is 6.61 Å². The van der Waals surface area contributed by atoms with Gasteiger partial charge in [-0.25, -0.2) is 0 Å². The van der Waals surface area contributed by atoms with Crippen molar-refractivity contribution in [3.63, 3.8) is 0 Å². The summed E-state index contributed by atoms with van der Waals surface area (Å²) in [5.74, 6) is -19.4. The molecule has 0 amide bonds. The molecule has 0 fully saturated rings. The van der Waals surface area contributed by atoms with E-state index in [2.05, 4.69) is 4.43 Å². The van der Waals surface area contributed by atoms with E-state index in [1.165, 1.54) is 20.4 Å². The second-order valence-corrected chi connectivity index (χ2v) is 8.45. The summed E-state index contributed by atoms with van der Waals surface area (Å²) in [6.07, 6.45) is -9.75.